The Labute approximate surface area is 110 Å². The molecule has 2 fully saturated rings. The molecule has 0 N–H and O–H groups in total. The number of ether oxygens (including phenoxy) is 1. The first-order chi connectivity index (χ1) is 8.63. The molecule has 0 spiro atoms. The van der Waals surface area contributed by atoms with Gasteiger partial charge in [0.1, 0.15) is 0 Å². The Morgan fingerprint density at radius 1 is 1.33 bits per heavy atom. The second-order valence-corrected chi connectivity index (χ2v) is 6.40. The predicted octanol–water partition coefficient (Wildman–Crippen LogP) is 3.73. The Morgan fingerprint density at radius 3 is 2.78 bits per heavy atom. The van der Waals surface area contributed by atoms with Crippen LogP contribution in [-0.2, 0) is 4.74 Å². The molecule has 1 aromatic rings. The van der Waals surface area contributed by atoms with Crippen LogP contribution in [0.5, 0.6) is 0 Å². The molecule has 3 atom stereocenters. The number of hydrogen-bond acceptors (Lipinski definition) is 2. The van der Waals surface area contributed by atoms with Crippen molar-refractivity contribution >= 4 is 0 Å². The normalized spacial score (nSPS) is 33.0. The number of nitrogens with zero attached hydrogens (tertiary/aromatic N) is 2. The molecule has 0 unspecified atom stereocenters. The van der Waals surface area contributed by atoms with E-state index in [9.17, 15) is 0 Å². The van der Waals surface area contributed by atoms with Crippen molar-refractivity contribution in [3.05, 3.63) is 18.0 Å². The quantitative estimate of drug-likeness (QED) is 0.815. The van der Waals surface area contributed by atoms with Crippen LogP contribution in [0.4, 0.5) is 0 Å². The number of hydrogen-bond donors (Lipinski definition) is 0. The van der Waals surface area contributed by atoms with Crippen molar-refractivity contribution < 1.29 is 4.74 Å². The van der Waals surface area contributed by atoms with Gasteiger partial charge in [-0.2, -0.15) is 5.10 Å². The van der Waals surface area contributed by atoms with Gasteiger partial charge in [0.15, 0.2) is 0 Å². The Hall–Kier alpha value is -0.830. The molecule has 0 bridgehead atoms. The smallest absolute Gasteiger partial charge is 0.0861 e. The highest BCUT2D eigenvalue weighted by atomic mass is 16.5. The van der Waals surface area contributed by atoms with Crippen LogP contribution in [0, 0.1) is 11.8 Å². The monoisotopic (exact) mass is 248 g/mol. The van der Waals surface area contributed by atoms with Gasteiger partial charge in [0.2, 0.25) is 0 Å². The fourth-order valence-corrected chi connectivity index (χ4v) is 3.01. The Morgan fingerprint density at radius 2 is 2.11 bits per heavy atom. The van der Waals surface area contributed by atoms with Crippen molar-refractivity contribution in [2.45, 2.75) is 64.7 Å². The lowest BCUT2D eigenvalue weighted by atomic mass is 9.82. The van der Waals surface area contributed by atoms with Crippen LogP contribution in [0.1, 0.15) is 64.2 Å². The van der Waals surface area contributed by atoms with Crippen LogP contribution in [0.15, 0.2) is 12.4 Å². The van der Waals surface area contributed by atoms with E-state index in [0.29, 0.717) is 12.1 Å². The molecule has 1 aromatic heterocycles. The SMILES string of the molecule is CC(C)[C@H]1C[C@@H](C)O[C@@H](c2cnn(C3CC3)c2)C1. The lowest BCUT2D eigenvalue weighted by molar-refractivity contribution is -0.0720. The highest BCUT2D eigenvalue weighted by Crippen LogP contribution is 2.39. The van der Waals surface area contributed by atoms with Gasteiger partial charge in [0, 0.05) is 11.8 Å². The van der Waals surface area contributed by atoms with E-state index in [0.717, 1.165) is 18.3 Å². The van der Waals surface area contributed by atoms with Crippen molar-refractivity contribution in [1.82, 2.24) is 9.78 Å². The molecule has 1 saturated carbocycles. The molecular formula is C15H24N2O. The number of rotatable bonds is 3. The van der Waals surface area contributed by atoms with E-state index in [1.165, 1.54) is 24.8 Å². The van der Waals surface area contributed by atoms with Crippen LogP contribution in [-0.4, -0.2) is 15.9 Å². The molecule has 1 aliphatic carbocycles. The van der Waals surface area contributed by atoms with Crippen LogP contribution >= 0.6 is 0 Å². The summed E-state index contributed by atoms with van der Waals surface area (Å²) in [5.41, 5.74) is 1.28. The van der Waals surface area contributed by atoms with E-state index in [1.807, 2.05) is 6.20 Å². The van der Waals surface area contributed by atoms with Crippen LogP contribution in [0.3, 0.4) is 0 Å². The minimum absolute atomic E-state index is 0.258. The fraction of sp³-hybridized carbons (Fsp3) is 0.800. The van der Waals surface area contributed by atoms with Crippen LogP contribution in [0.2, 0.25) is 0 Å². The maximum Gasteiger partial charge on any atom is 0.0861 e. The van der Waals surface area contributed by atoms with Gasteiger partial charge in [-0.1, -0.05) is 13.8 Å². The summed E-state index contributed by atoms with van der Waals surface area (Å²) in [5, 5.41) is 4.48. The minimum atomic E-state index is 0.258. The average Bonchev–Trinajstić information content (AvgIpc) is 3.06. The third kappa shape index (κ3) is 2.46. The van der Waals surface area contributed by atoms with E-state index >= 15 is 0 Å². The first kappa shape index (κ1) is 12.2. The third-order valence-corrected chi connectivity index (χ3v) is 4.41. The topological polar surface area (TPSA) is 27.1 Å². The summed E-state index contributed by atoms with van der Waals surface area (Å²) >= 11 is 0. The molecule has 1 aliphatic heterocycles. The summed E-state index contributed by atoms with van der Waals surface area (Å²) in [6.07, 6.45) is 9.78. The fourth-order valence-electron chi connectivity index (χ4n) is 3.01. The van der Waals surface area contributed by atoms with Gasteiger partial charge in [0.25, 0.3) is 0 Å². The highest BCUT2D eigenvalue weighted by molar-refractivity contribution is 5.11. The zero-order valence-electron chi connectivity index (χ0n) is 11.7. The predicted molar refractivity (Wildman–Crippen MR) is 71.3 cm³/mol. The van der Waals surface area contributed by atoms with E-state index in [-0.39, 0.29) is 6.10 Å². The molecule has 0 radical (unpaired) electrons. The molecule has 3 heteroatoms. The van der Waals surface area contributed by atoms with Gasteiger partial charge >= 0.3 is 0 Å². The van der Waals surface area contributed by atoms with Gasteiger partial charge in [-0.25, -0.2) is 0 Å². The van der Waals surface area contributed by atoms with Gasteiger partial charge in [0.05, 0.1) is 24.4 Å². The molecule has 3 rings (SSSR count). The maximum absolute atomic E-state index is 6.11. The summed E-state index contributed by atoms with van der Waals surface area (Å²) in [4.78, 5) is 0. The highest BCUT2D eigenvalue weighted by Gasteiger charge is 2.31. The lowest BCUT2D eigenvalue weighted by Crippen LogP contribution is -2.28. The molecule has 0 aromatic carbocycles. The molecule has 2 heterocycles. The molecule has 100 valence electrons. The molecule has 0 amide bonds. The second kappa shape index (κ2) is 4.69. The van der Waals surface area contributed by atoms with E-state index < -0.39 is 0 Å². The van der Waals surface area contributed by atoms with Gasteiger partial charge in [-0.15, -0.1) is 0 Å². The maximum atomic E-state index is 6.11. The van der Waals surface area contributed by atoms with Gasteiger partial charge < -0.3 is 4.74 Å². The first-order valence-electron chi connectivity index (χ1n) is 7.33. The Kier molecular flexibility index (Phi) is 3.18. The van der Waals surface area contributed by atoms with E-state index in [1.54, 1.807) is 0 Å². The van der Waals surface area contributed by atoms with Crippen molar-refractivity contribution in [3.8, 4) is 0 Å². The molecule has 3 nitrogen and oxygen atoms in total. The van der Waals surface area contributed by atoms with E-state index in [4.69, 9.17) is 4.74 Å². The van der Waals surface area contributed by atoms with Crippen molar-refractivity contribution in [1.29, 1.82) is 0 Å². The summed E-state index contributed by atoms with van der Waals surface area (Å²) in [7, 11) is 0. The van der Waals surface area contributed by atoms with Crippen molar-refractivity contribution in [3.63, 3.8) is 0 Å². The second-order valence-electron chi connectivity index (χ2n) is 6.40. The van der Waals surface area contributed by atoms with E-state index in [2.05, 4.69) is 36.7 Å². The lowest BCUT2D eigenvalue weighted by Gasteiger charge is -2.35. The molecule has 1 saturated heterocycles. The van der Waals surface area contributed by atoms with Crippen LogP contribution < -0.4 is 0 Å². The summed E-state index contributed by atoms with van der Waals surface area (Å²) in [5.74, 6) is 1.53. The minimum Gasteiger partial charge on any atom is -0.370 e. The van der Waals surface area contributed by atoms with Gasteiger partial charge in [-0.3, -0.25) is 4.68 Å². The zero-order chi connectivity index (χ0) is 12.7. The van der Waals surface area contributed by atoms with Crippen molar-refractivity contribution in [2.24, 2.45) is 11.8 Å². The molecule has 18 heavy (non-hydrogen) atoms. The average molecular weight is 248 g/mol. The summed E-state index contributed by atoms with van der Waals surface area (Å²) in [6, 6.07) is 0.667. The Balaban J connectivity index is 1.73. The zero-order valence-corrected chi connectivity index (χ0v) is 11.7. The van der Waals surface area contributed by atoms with Crippen LogP contribution in [0.25, 0.3) is 0 Å². The number of aromatic nitrogens is 2. The summed E-state index contributed by atoms with van der Waals surface area (Å²) < 4.78 is 8.24. The first-order valence-corrected chi connectivity index (χ1v) is 7.33. The Bertz CT molecular complexity index is 408. The van der Waals surface area contributed by atoms with Crippen molar-refractivity contribution in [2.75, 3.05) is 0 Å². The standard InChI is InChI=1S/C15H24N2O/c1-10(2)12-6-11(3)18-15(7-12)13-8-16-17(9-13)14-4-5-14/h8-12,14-15H,4-7H2,1-3H3/t11-,12+,15-/m1/s1. The molecular weight excluding hydrogens is 224 g/mol. The third-order valence-electron chi connectivity index (χ3n) is 4.41. The largest absolute Gasteiger partial charge is 0.370 e. The summed E-state index contributed by atoms with van der Waals surface area (Å²) in [6.45, 7) is 6.85. The van der Waals surface area contributed by atoms with Gasteiger partial charge in [-0.05, 0) is 44.4 Å². The molecule has 2 aliphatic rings.